The third-order valence-corrected chi connectivity index (χ3v) is 6.92. The smallest absolute Gasteiger partial charge is 0.170 e. The van der Waals surface area contributed by atoms with Crippen molar-refractivity contribution in [3.05, 3.63) is 108 Å². The molecule has 0 bridgehead atoms. The number of ketones is 2. The summed E-state index contributed by atoms with van der Waals surface area (Å²) in [7, 11) is -1.83. The van der Waals surface area contributed by atoms with Gasteiger partial charge in [-0.05, 0) is 11.1 Å². The molecular weight excluding hydrogens is 412 g/mol. The van der Waals surface area contributed by atoms with Crippen LogP contribution in [0.1, 0.15) is 34.3 Å². The lowest BCUT2D eigenvalue weighted by atomic mass is 10.00. The van der Waals surface area contributed by atoms with E-state index in [9.17, 15) is 9.59 Å². The fraction of sp³-hybridized carbons (Fsp3) is 0.222. The molecule has 0 aliphatic heterocycles. The number of benzene rings is 3. The van der Waals surface area contributed by atoms with Crippen molar-refractivity contribution < 1.29 is 9.59 Å². The van der Waals surface area contributed by atoms with Crippen LogP contribution in [0, 0.1) is 0 Å². The molecule has 32 heavy (non-hydrogen) atoms. The summed E-state index contributed by atoms with van der Waals surface area (Å²) in [6, 6.07) is 29.0. The molecule has 0 aliphatic rings. The van der Waals surface area contributed by atoms with Crippen molar-refractivity contribution in [1.29, 1.82) is 0 Å². The Morgan fingerprint density at radius 2 is 1.22 bits per heavy atom. The minimum atomic E-state index is -1.83. The summed E-state index contributed by atoms with van der Waals surface area (Å²) in [4.78, 5) is 25.4. The first-order valence-corrected chi connectivity index (χ1v) is 14.3. The molecule has 0 spiro atoms. The van der Waals surface area contributed by atoms with Crippen molar-refractivity contribution in [1.82, 2.24) is 4.67 Å². The van der Waals surface area contributed by atoms with Crippen LogP contribution < -0.4 is 0 Å². The van der Waals surface area contributed by atoms with Crippen LogP contribution in [0.3, 0.4) is 0 Å². The van der Waals surface area contributed by atoms with Gasteiger partial charge in [0.1, 0.15) is 5.78 Å². The molecule has 0 fully saturated rings. The molecule has 0 aliphatic carbocycles. The molecule has 3 rings (SSSR count). The zero-order chi connectivity index (χ0) is 23.0. The molecule has 0 atom stereocenters. The maximum Gasteiger partial charge on any atom is 0.170 e. The first-order valence-electron chi connectivity index (χ1n) is 10.9. The predicted octanol–water partition coefficient (Wildman–Crippen LogP) is 5.96. The van der Waals surface area contributed by atoms with Crippen LogP contribution in [0.4, 0.5) is 0 Å². The van der Waals surface area contributed by atoms with Gasteiger partial charge in [-0.2, -0.15) is 5.10 Å². The fourth-order valence-corrected chi connectivity index (χ4v) is 4.38. The van der Waals surface area contributed by atoms with Crippen LogP contribution in [-0.4, -0.2) is 30.2 Å². The van der Waals surface area contributed by atoms with E-state index in [4.69, 9.17) is 5.10 Å². The first kappa shape index (κ1) is 23.4. The number of hydrazone groups is 1. The molecule has 0 radical (unpaired) electrons. The van der Waals surface area contributed by atoms with E-state index >= 15 is 0 Å². The minimum Gasteiger partial charge on any atom is -0.320 e. The van der Waals surface area contributed by atoms with Crippen molar-refractivity contribution in [3.63, 3.8) is 0 Å². The second kappa shape index (κ2) is 10.8. The molecule has 4 nitrogen and oxygen atoms in total. The van der Waals surface area contributed by atoms with E-state index in [2.05, 4.69) is 36.4 Å². The molecule has 0 aromatic heterocycles. The molecule has 3 aromatic rings. The maximum atomic E-state index is 12.9. The molecule has 0 amide bonds. The highest BCUT2D eigenvalue weighted by Crippen LogP contribution is 2.18. The topological polar surface area (TPSA) is 49.7 Å². The highest BCUT2D eigenvalue weighted by atomic mass is 28.3. The van der Waals surface area contributed by atoms with E-state index in [1.165, 1.54) is 5.56 Å². The van der Waals surface area contributed by atoms with Crippen LogP contribution in [0.25, 0.3) is 0 Å². The van der Waals surface area contributed by atoms with Crippen LogP contribution in [-0.2, 0) is 11.3 Å². The quantitative estimate of drug-likeness (QED) is 0.128. The Hall–Kier alpha value is -3.31. The summed E-state index contributed by atoms with van der Waals surface area (Å²) in [5.41, 5.74) is 3.35. The van der Waals surface area contributed by atoms with Crippen LogP contribution in [0.2, 0.25) is 19.6 Å². The first-order chi connectivity index (χ1) is 15.3. The van der Waals surface area contributed by atoms with Crippen molar-refractivity contribution in [2.75, 3.05) is 0 Å². The van der Waals surface area contributed by atoms with Crippen LogP contribution >= 0.6 is 0 Å². The summed E-state index contributed by atoms with van der Waals surface area (Å²) in [6.45, 7) is 7.40. The summed E-state index contributed by atoms with van der Waals surface area (Å²) >= 11 is 0. The van der Waals surface area contributed by atoms with E-state index in [-0.39, 0.29) is 24.4 Å². The Morgan fingerprint density at radius 1 is 0.719 bits per heavy atom. The number of carbonyl (C=O) groups excluding carboxylic acids is 2. The summed E-state index contributed by atoms with van der Waals surface area (Å²) in [5, 5.41) is 5.01. The van der Waals surface area contributed by atoms with E-state index in [1.807, 2.05) is 66.7 Å². The number of rotatable bonds is 10. The molecule has 5 heteroatoms. The molecule has 0 heterocycles. The Balaban J connectivity index is 1.86. The van der Waals surface area contributed by atoms with Gasteiger partial charge in [-0.15, -0.1) is 0 Å². The number of carbonyl (C=O) groups is 2. The van der Waals surface area contributed by atoms with E-state index in [0.29, 0.717) is 17.8 Å². The Morgan fingerprint density at radius 3 is 1.75 bits per heavy atom. The second-order valence-electron chi connectivity index (χ2n) is 8.81. The lowest BCUT2D eigenvalue weighted by Gasteiger charge is -2.32. The van der Waals surface area contributed by atoms with Gasteiger partial charge in [0.25, 0.3) is 0 Å². The largest absolute Gasteiger partial charge is 0.320 e. The molecule has 0 N–H and O–H groups in total. The Kier molecular flexibility index (Phi) is 7.90. The summed E-state index contributed by atoms with van der Waals surface area (Å²) < 4.78 is 2.15. The molecule has 0 unspecified atom stereocenters. The number of hydrogen-bond donors (Lipinski definition) is 0. The van der Waals surface area contributed by atoms with E-state index in [0.717, 1.165) is 5.56 Å². The van der Waals surface area contributed by atoms with Crippen molar-refractivity contribution in [2.24, 2.45) is 5.10 Å². The number of nitrogens with zero attached hydrogens (tertiary/aromatic N) is 2. The normalized spacial score (nSPS) is 11.8. The van der Waals surface area contributed by atoms with Crippen molar-refractivity contribution in [2.45, 2.75) is 39.0 Å². The van der Waals surface area contributed by atoms with Gasteiger partial charge in [0.15, 0.2) is 14.0 Å². The third-order valence-electron chi connectivity index (χ3n) is 5.12. The average molecular weight is 443 g/mol. The van der Waals surface area contributed by atoms with Gasteiger partial charge in [-0.1, -0.05) is 111 Å². The van der Waals surface area contributed by atoms with Gasteiger partial charge in [-0.3, -0.25) is 9.59 Å². The number of hydrogen-bond acceptors (Lipinski definition) is 4. The summed E-state index contributed by atoms with van der Waals surface area (Å²) in [6.07, 6.45) is -0.000144. The monoisotopic (exact) mass is 442 g/mol. The highest BCUT2D eigenvalue weighted by Gasteiger charge is 2.25. The maximum absolute atomic E-state index is 12.9. The lowest BCUT2D eigenvalue weighted by molar-refractivity contribution is -0.117. The predicted molar refractivity (Wildman–Crippen MR) is 133 cm³/mol. The van der Waals surface area contributed by atoms with Crippen LogP contribution in [0.15, 0.2) is 96.1 Å². The van der Waals surface area contributed by atoms with Gasteiger partial charge in [-0.25, -0.2) is 0 Å². The van der Waals surface area contributed by atoms with Crippen molar-refractivity contribution in [3.8, 4) is 0 Å². The van der Waals surface area contributed by atoms with E-state index in [1.54, 1.807) is 12.1 Å². The standard InChI is InChI=1S/C27H30N2O2Si/c1-32(2,3)29(21-22-13-7-4-8-14-22)28-26(23-15-9-5-10-16-23)19-25(30)20-27(31)24-17-11-6-12-18-24/h4-18H,19-21H2,1-3H3/b28-26+. The van der Waals surface area contributed by atoms with Gasteiger partial charge in [0.05, 0.1) is 25.1 Å². The van der Waals surface area contributed by atoms with Crippen molar-refractivity contribution >= 4 is 25.5 Å². The second-order valence-corrected chi connectivity index (χ2v) is 13.7. The van der Waals surface area contributed by atoms with Gasteiger partial charge >= 0.3 is 0 Å². The van der Waals surface area contributed by atoms with Crippen LogP contribution in [0.5, 0.6) is 0 Å². The number of Topliss-reactive ketones (excluding diaryl/α,β-unsaturated/α-hetero) is 2. The zero-order valence-electron chi connectivity index (χ0n) is 19.0. The lowest BCUT2D eigenvalue weighted by Crippen LogP contribution is -2.42. The molecule has 164 valence electrons. The van der Waals surface area contributed by atoms with Gasteiger partial charge in [0.2, 0.25) is 0 Å². The molecule has 0 saturated heterocycles. The highest BCUT2D eigenvalue weighted by molar-refractivity contribution is 6.73. The molecule has 0 saturated carbocycles. The van der Waals surface area contributed by atoms with Gasteiger partial charge < -0.3 is 4.67 Å². The minimum absolute atomic E-state index is 0.123. The Labute approximate surface area is 191 Å². The summed E-state index contributed by atoms with van der Waals surface area (Å²) in [5.74, 6) is -0.286. The van der Waals surface area contributed by atoms with Gasteiger partial charge in [0, 0.05) is 5.56 Å². The average Bonchev–Trinajstić information content (AvgIpc) is 2.79. The fourth-order valence-electron chi connectivity index (χ4n) is 3.30. The zero-order valence-corrected chi connectivity index (χ0v) is 20.0. The SMILES string of the molecule is C[Si](C)(C)N(Cc1ccccc1)/N=C(\CC(=O)CC(=O)c1ccccc1)c1ccccc1. The molecular formula is C27H30N2O2Si. The van der Waals surface area contributed by atoms with E-state index < -0.39 is 8.24 Å². The third kappa shape index (κ3) is 6.85. The Bertz CT molecular complexity index is 1060. The molecule has 3 aromatic carbocycles.